The molecule has 0 aromatic heterocycles. The van der Waals surface area contributed by atoms with Gasteiger partial charge in [-0.05, 0) is 58.2 Å². The summed E-state index contributed by atoms with van der Waals surface area (Å²) < 4.78 is 5.52. The maximum Gasteiger partial charge on any atom is 0.407 e. The number of carboxylic acids is 1. The Kier molecular flexibility index (Phi) is 5.39. The van der Waals surface area contributed by atoms with Gasteiger partial charge in [0.05, 0.1) is 0 Å². The molecule has 3 aromatic rings. The van der Waals surface area contributed by atoms with Gasteiger partial charge < -0.3 is 15.2 Å². The van der Waals surface area contributed by atoms with Gasteiger partial charge in [0.25, 0.3) is 0 Å². The minimum absolute atomic E-state index is 0.0619. The molecule has 0 bridgehead atoms. The number of carboxylic acid groups (broad SMARTS) is 1. The van der Waals surface area contributed by atoms with Crippen LogP contribution in [0.3, 0.4) is 0 Å². The van der Waals surface area contributed by atoms with Crippen LogP contribution in [-0.4, -0.2) is 29.8 Å². The lowest BCUT2D eigenvalue weighted by Crippen LogP contribution is -2.42. The Morgan fingerprint density at radius 3 is 2.28 bits per heavy atom. The van der Waals surface area contributed by atoms with Crippen molar-refractivity contribution in [1.29, 1.82) is 0 Å². The normalized spacial score (nSPS) is 14.9. The highest BCUT2D eigenvalue weighted by Gasteiger charge is 2.30. The number of benzene rings is 3. The Balaban J connectivity index is 1.25. The summed E-state index contributed by atoms with van der Waals surface area (Å²) in [4.78, 5) is 24.3. The standard InChI is InChI=1S/C27H25NO4/c29-26(30)25(15-17-12-13-18-6-5-7-19(18)14-17)28-27(31)32-16-24-22-10-3-1-8-20(22)21-9-2-4-11-23(21)24/h1-4,8-14,24-25H,5-7,15-16H2,(H,28,31)(H,29,30)/t25-/m0/s1. The van der Waals surface area contributed by atoms with Crippen molar-refractivity contribution in [2.75, 3.05) is 6.61 Å². The van der Waals surface area contributed by atoms with E-state index in [0.717, 1.165) is 47.1 Å². The van der Waals surface area contributed by atoms with Crippen LogP contribution >= 0.6 is 0 Å². The second-order valence-corrected chi connectivity index (χ2v) is 8.52. The Labute approximate surface area is 187 Å². The van der Waals surface area contributed by atoms with Crippen molar-refractivity contribution in [3.8, 4) is 11.1 Å². The van der Waals surface area contributed by atoms with Crippen LogP contribution in [0, 0.1) is 0 Å². The number of carbonyl (C=O) groups excluding carboxylic acids is 1. The molecule has 32 heavy (non-hydrogen) atoms. The van der Waals surface area contributed by atoms with Gasteiger partial charge in [-0.1, -0.05) is 66.7 Å². The van der Waals surface area contributed by atoms with Crippen molar-refractivity contribution in [1.82, 2.24) is 5.32 Å². The summed E-state index contributed by atoms with van der Waals surface area (Å²) in [6.45, 7) is 0.158. The van der Waals surface area contributed by atoms with Crippen molar-refractivity contribution in [2.24, 2.45) is 0 Å². The molecular formula is C27H25NO4. The Bertz CT molecular complexity index is 1140. The second-order valence-electron chi connectivity index (χ2n) is 8.52. The summed E-state index contributed by atoms with van der Waals surface area (Å²) in [5.41, 5.74) is 8.08. The molecule has 5 nitrogen and oxygen atoms in total. The summed E-state index contributed by atoms with van der Waals surface area (Å²) in [5, 5.41) is 12.2. The van der Waals surface area contributed by atoms with E-state index in [0.29, 0.717) is 0 Å². The van der Waals surface area contributed by atoms with Crippen molar-refractivity contribution in [2.45, 2.75) is 37.6 Å². The van der Waals surface area contributed by atoms with E-state index < -0.39 is 18.1 Å². The molecule has 0 aliphatic heterocycles. The fraction of sp³-hybridized carbons (Fsp3) is 0.259. The van der Waals surface area contributed by atoms with Crippen LogP contribution < -0.4 is 5.32 Å². The number of rotatable bonds is 6. The van der Waals surface area contributed by atoms with Crippen LogP contribution in [0.5, 0.6) is 0 Å². The van der Waals surface area contributed by atoms with E-state index in [1.54, 1.807) is 0 Å². The molecule has 3 aromatic carbocycles. The van der Waals surface area contributed by atoms with Crippen LogP contribution in [0.25, 0.3) is 11.1 Å². The molecule has 2 aliphatic carbocycles. The number of aryl methyl sites for hydroxylation is 2. The molecule has 1 amide bonds. The Morgan fingerprint density at radius 1 is 0.938 bits per heavy atom. The first-order valence-corrected chi connectivity index (χ1v) is 11.0. The number of ether oxygens (including phenoxy) is 1. The third kappa shape index (κ3) is 3.86. The van der Waals surface area contributed by atoms with Gasteiger partial charge in [-0.3, -0.25) is 0 Å². The van der Waals surface area contributed by atoms with Crippen molar-refractivity contribution in [3.05, 3.63) is 94.5 Å². The molecular weight excluding hydrogens is 402 g/mol. The predicted molar refractivity (Wildman–Crippen MR) is 122 cm³/mol. The maximum atomic E-state index is 12.5. The molecule has 5 heteroatoms. The number of aliphatic carboxylic acids is 1. The highest BCUT2D eigenvalue weighted by Crippen LogP contribution is 2.44. The van der Waals surface area contributed by atoms with Crippen LogP contribution in [0.4, 0.5) is 4.79 Å². The molecule has 0 saturated heterocycles. The van der Waals surface area contributed by atoms with Gasteiger partial charge in [0.2, 0.25) is 0 Å². The van der Waals surface area contributed by atoms with Gasteiger partial charge in [0.15, 0.2) is 0 Å². The largest absolute Gasteiger partial charge is 0.480 e. The lowest BCUT2D eigenvalue weighted by atomic mass is 9.98. The number of fused-ring (bicyclic) bond motifs is 4. The van der Waals surface area contributed by atoms with Crippen molar-refractivity contribution >= 4 is 12.1 Å². The topological polar surface area (TPSA) is 75.6 Å². The van der Waals surface area contributed by atoms with Crippen molar-refractivity contribution in [3.63, 3.8) is 0 Å². The smallest absolute Gasteiger partial charge is 0.407 e. The summed E-state index contributed by atoms with van der Waals surface area (Å²) in [6, 6.07) is 21.3. The molecule has 0 unspecified atom stereocenters. The van der Waals surface area contributed by atoms with Crippen LogP contribution in [0.15, 0.2) is 66.7 Å². The van der Waals surface area contributed by atoms with E-state index in [4.69, 9.17) is 4.74 Å². The number of alkyl carbamates (subject to hydrolysis) is 1. The van der Waals surface area contributed by atoms with Gasteiger partial charge in [0, 0.05) is 12.3 Å². The van der Waals surface area contributed by atoms with E-state index in [1.165, 1.54) is 11.1 Å². The third-order valence-corrected chi connectivity index (χ3v) is 6.54. The van der Waals surface area contributed by atoms with Crippen LogP contribution in [-0.2, 0) is 28.8 Å². The lowest BCUT2D eigenvalue weighted by molar-refractivity contribution is -0.139. The average molecular weight is 428 g/mol. The highest BCUT2D eigenvalue weighted by atomic mass is 16.5. The molecule has 162 valence electrons. The summed E-state index contributed by atoms with van der Waals surface area (Å²) in [5.74, 6) is -1.13. The van der Waals surface area contributed by atoms with Crippen molar-refractivity contribution < 1.29 is 19.4 Å². The predicted octanol–water partition coefficient (Wildman–Crippen LogP) is 4.71. The zero-order valence-electron chi connectivity index (χ0n) is 17.7. The van der Waals surface area contributed by atoms with E-state index in [-0.39, 0.29) is 18.9 Å². The maximum absolute atomic E-state index is 12.5. The summed E-state index contributed by atoms with van der Waals surface area (Å²) >= 11 is 0. The molecule has 0 spiro atoms. The van der Waals surface area contributed by atoms with Crippen LogP contribution in [0.2, 0.25) is 0 Å². The van der Waals surface area contributed by atoms with Gasteiger partial charge >= 0.3 is 12.1 Å². The number of hydrogen-bond acceptors (Lipinski definition) is 3. The molecule has 0 fully saturated rings. The molecule has 0 heterocycles. The Hall–Kier alpha value is -3.60. The molecule has 1 atom stereocenters. The molecule has 0 saturated carbocycles. The van der Waals surface area contributed by atoms with Gasteiger partial charge in [0.1, 0.15) is 12.6 Å². The number of hydrogen-bond donors (Lipinski definition) is 2. The molecule has 0 radical (unpaired) electrons. The van der Waals surface area contributed by atoms with E-state index in [2.05, 4.69) is 41.7 Å². The third-order valence-electron chi connectivity index (χ3n) is 6.54. The quantitative estimate of drug-likeness (QED) is 0.597. The lowest BCUT2D eigenvalue weighted by Gasteiger charge is -2.18. The Morgan fingerprint density at radius 2 is 1.59 bits per heavy atom. The van der Waals surface area contributed by atoms with Crippen LogP contribution in [0.1, 0.15) is 40.2 Å². The molecule has 2 N–H and O–H groups in total. The average Bonchev–Trinajstić information content (AvgIpc) is 3.39. The first kappa shape index (κ1) is 20.3. The number of nitrogens with one attached hydrogen (secondary N) is 1. The summed E-state index contributed by atoms with van der Waals surface area (Å²) in [7, 11) is 0. The highest BCUT2D eigenvalue weighted by molar-refractivity contribution is 5.81. The number of amides is 1. The minimum atomic E-state index is -1.07. The SMILES string of the molecule is O=C(N[C@@H](Cc1ccc2c(c1)CCC2)C(=O)O)OCC1c2ccccc2-c2ccccc21. The number of carbonyl (C=O) groups is 2. The fourth-order valence-corrected chi connectivity index (χ4v) is 4.97. The van der Waals surface area contributed by atoms with Gasteiger partial charge in [-0.2, -0.15) is 0 Å². The molecule has 2 aliphatic rings. The van der Waals surface area contributed by atoms with E-state index in [9.17, 15) is 14.7 Å². The zero-order valence-corrected chi connectivity index (χ0v) is 17.7. The van der Waals surface area contributed by atoms with E-state index in [1.807, 2.05) is 30.3 Å². The first-order chi connectivity index (χ1) is 15.6. The monoisotopic (exact) mass is 427 g/mol. The van der Waals surface area contributed by atoms with E-state index >= 15 is 0 Å². The molecule has 5 rings (SSSR count). The minimum Gasteiger partial charge on any atom is -0.480 e. The first-order valence-electron chi connectivity index (χ1n) is 11.0. The zero-order chi connectivity index (χ0) is 22.1. The fourth-order valence-electron chi connectivity index (χ4n) is 4.97. The summed E-state index contributed by atoms with van der Waals surface area (Å²) in [6.07, 6.45) is 2.77. The van der Waals surface area contributed by atoms with Gasteiger partial charge in [-0.15, -0.1) is 0 Å². The van der Waals surface area contributed by atoms with Gasteiger partial charge in [-0.25, -0.2) is 9.59 Å². The second kappa shape index (κ2) is 8.50.